The maximum absolute atomic E-state index is 12.6. The molecule has 3 rings (SSSR count). The number of benzene rings is 1. The summed E-state index contributed by atoms with van der Waals surface area (Å²) in [6.07, 6.45) is 1.12. The number of hydrogen-bond acceptors (Lipinski definition) is 4. The summed E-state index contributed by atoms with van der Waals surface area (Å²) in [5, 5.41) is 5.78. The van der Waals surface area contributed by atoms with Gasteiger partial charge in [-0.3, -0.25) is 4.79 Å². The van der Waals surface area contributed by atoms with E-state index in [-0.39, 0.29) is 30.5 Å². The molecule has 1 aliphatic rings. The van der Waals surface area contributed by atoms with Crippen molar-refractivity contribution in [2.75, 3.05) is 6.54 Å². The zero-order chi connectivity index (χ0) is 16.2. The first-order chi connectivity index (χ1) is 11.2. The van der Waals surface area contributed by atoms with Crippen molar-refractivity contribution in [2.45, 2.75) is 31.1 Å². The Labute approximate surface area is 156 Å². The lowest BCUT2D eigenvalue weighted by Gasteiger charge is -2.21. The number of carbonyl (C=O) groups excluding carboxylic acids is 1. The van der Waals surface area contributed by atoms with E-state index in [1.165, 1.54) is 0 Å². The second-order valence-corrected chi connectivity index (χ2v) is 6.98. The van der Waals surface area contributed by atoms with Crippen LogP contribution in [0, 0.1) is 0 Å². The molecule has 7 heteroatoms. The number of thiophene rings is 1. The highest BCUT2D eigenvalue weighted by atomic mass is 35.5. The van der Waals surface area contributed by atoms with E-state index in [0.29, 0.717) is 18.0 Å². The Morgan fingerprint density at radius 1 is 1.33 bits per heavy atom. The SMILES string of the molecule is Cl.NC[C@H]1CC[C@@H](C(=O)NC(c2ccc(Cl)cc2)c2cccs2)O1. The smallest absolute Gasteiger partial charge is 0.249 e. The third-order valence-electron chi connectivity index (χ3n) is 3.98. The van der Waals surface area contributed by atoms with E-state index in [4.69, 9.17) is 22.1 Å². The van der Waals surface area contributed by atoms with E-state index in [1.807, 2.05) is 41.8 Å². The summed E-state index contributed by atoms with van der Waals surface area (Å²) in [5.41, 5.74) is 6.61. The molecule has 1 aliphatic heterocycles. The van der Waals surface area contributed by atoms with Gasteiger partial charge in [-0.15, -0.1) is 23.7 Å². The molecule has 1 saturated heterocycles. The van der Waals surface area contributed by atoms with Gasteiger partial charge < -0.3 is 15.8 Å². The topological polar surface area (TPSA) is 64.4 Å². The van der Waals surface area contributed by atoms with E-state index in [2.05, 4.69) is 5.32 Å². The highest BCUT2D eigenvalue weighted by Crippen LogP contribution is 2.28. The number of nitrogens with two attached hydrogens (primary N) is 1. The maximum Gasteiger partial charge on any atom is 0.249 e. The number of amides is 1. The first-order valence-corrected chi connectivity index (χ1v) is 8.88. The third kappa shape index (κ3) is 4.49. The fraction of sp³-hybridized carbons (Fsp3) is 0.353. The van der Waals surface area contributed by atoms with E-state index in [0.717, 1.165) is 16.9 Å². The second-order valence-electron chi connectivity index (χ2n) is 5.57. The Bertz CT molecular complexity index is 649. The predicted molar refractivity (Wildman–Crippen MR) is 100.0 cm³/mol. The van der Waals surface area contributed by atoms with Crippen LogP contribution in [0.25, 0.3) is 0 Å². The van der Waals surface area contributed by atoms with Gasteiger partial charge in [-0.25, -0.2) is 0 Å². The molecule has 4 nitrogen and oxygen atoms in total. The van der Waals surface area contributed by atoms with Crippen LogP contribution in [0.5, 0.6) is 0 Å². The Kier molecular flexibility index (Phi) is 7.07. The number of rotatable bonds is 5. The standard InChI is InChI=1S/C17H19ClN2O2S.ClH/c18-12-5-3-11(4-6-12)16(15-2-1-9-23-15)20-17(21)14-8-7-13(10-19)22-14;/h1-6,9,13-14,16H,7-8,10,19H2,(H,20,21);1H/t13-,14+,16?;/m1./s1. The van der Waals surface area contributed by atoms with E-state index < -0.39 is 6.10 Å². The first-order valence-electron chi connectivity index (χ1n) is 7.62. The molecule has 1 aromatic heterocycles. The Morgan fingerprint density at radius 2 is 2.08 bits per heavy atom. The fourth-order valence-electron chi connectivity index (χ4n) is 2.74. The first kappa shape index (κ1) is 19.2. The van der Waals surface area contributed by atoms with Crippen molar-refractivity contribution in [1.29, 1.82) is 0 Å². The van der Waals surface area contributed by atoms with Crippen LogP contribution in [0.1, 0.15) is 29.3 Å². The van der Waals surface area contributed by atoms with Crippen molar-refractivity contribution in [2.24, 2.45) is 5.73 Å². The van der Waals surface area contributed by atoms with E-state index >= 15 is 0 Å². The summed E-state index contributed by atoms with van der Waals surface area (Å²) in [7, 11) is 0. The largest absolute Gasteiger partial charge is 0.364 e. The second kappa shape index (κ2) is 8.83. The van der Waals surface area contributed by atoms with Crippen LogP contribution in [0.2, 0.25) is 5.02 Å². The maximum atomic E-state index is 12.6. The monoisotopic (exact) mass is 386 g/mol. The van der Waals surface area contributed by atoms with Crippen LogP contribution >= 0.6 is 35.3 Å². The molecule has 130 valence electrons. The van der Waals surface area contributed by atoms with Crippen molar-refractivity contribution >= 4 is 41.3 Å². The van der Waals surface area contributed by atoms with Crippen molar-refractivity contribution in [3.05, 3.63) is 57.2 Å². The van der Waals surface area contributed by atoms with Gasteiger partial charge in [-0.05, 0) is 42.0 Å². The van der Waals surface area contributed by atoms with Crippen molar-refractivity contribution < 1.29 is 9.53 Å². The molecular weight excluding hydrogens is 367 g/mol. The average Bonchev–Trinajstić information content (AvgIpc) is 3.25. The minimum Gasteiger partial charge on any atom is -0.364 e. The van der Waals surface area contributed by atoms with Crippen molar-refractivity contribution in [1.82, 2.24) is 5.32 Å². The Balaban J connectivity index is 0.00000208. The Morgan fingerprint density at radius 3 is 2.67 bits per heavy atom. The van der Waals surface area contributed by atoms with Crippen LogP contribution in [0.4, 0.5) is 0 Å². The van der Waals surface area contributed by atoms with Crippen molar-refractivity contribution in [3.8, 4) is 0 Å². The molecule has 1 fully saturated rings. The van der Waals surface area contributed by atoms with Crippen molar-refractivity contribution in [3.63, 3.8) is 0 Å². The summed E-state index contributed by atoms with van der Waals surface area (Å²) in [6.45, 7) is 0.454. The van der Waals surface area contributed by atoms with Gasteiger partial charge in [0.05, 0.1) is 12.1 Å². The molecule has 0 bridgehead atoms. The molecular formula is C17H20Cl2N2O2S. The van der Waals surface area contributed by atoms with Gasteiger partial charge in [-0.2, -0.15) is 0 Å². The number of ether oxygens (including phenoxy) is 1. The molecule has 0 spiro atoms. The summed E-state index contributed by atoms with van der Waals surface area (Å²) in [4.78, 5) is 13.6. The van der Waals surface area contributed by atoms with Crippen LogP contribution in [0.15, 0.2) is 41.8 Å². The number of halogens is 2. The molecule has 1 unspecified atom stereocenters. The fourth-order valence-corrected chi connectivity index (χ4v) is 3.67. The molecule has 2 aromatic rings. The third-order valence-corrected chi connectivity index (χ3v) is 5.17. The molecule has 0 aliphatic carbocycles. The molecule has 24 heavy (non-hydrogen) atoms. The summed E-state index contributed by atoms with van der Waals surface area (Å²) >= 11 is 7.58. The number of carbonyl (C=O) groups is 1. The highest BCUT2D eigenvalue weighted by Gasteiger charge is 2.31. The van der Waals surface area contributed by atoms with Gasteiger partial charge in [0.2, 0.25) is 5.91 Å². The van der Waals surface area contributed by atoms with Gasteiger partial charge in [0.25, 0.3) is 0 Å². The van der Waals surface area contributed by atoms with E-state index in [9.17, 15) is 4.79 Å². The zero-order valence-electron chi connectivity index (χ0n) is 13.0. The molecule has 3 atom stereocenters. The summed E-state index contributed by atoms with van der Waals surface area (Å²) in [6, 6.07) is 11.3. The van der Waals surface area contributed by atoms with Crippen LogP contribution < -0.4 is 11.1 Å². The lowest BCUT2D eigenvalue weighted by molar-refractivity contribution is -0.132. The summed E-state index contributed by atoms with van der Waals surface area (Å²) < 4.78 is 5.69. The van der Waals surface area contributed by atoms with Gasteiger partial charge >= 0.3 is 0 Å². The molecule has 0 radical (unpaired) electrons. The molecule has 1 aromatic carbocycles. The van der Waals surface area contributed by atoms with Crippen LogP contribution in [-0.2, 0) is 9.53 Å². The summed E-state index contributed by atoms with van der Waals surface area (Å²) in [5.74, 6) is -0.0886. The molecule has 0 saturated carbocycles. The minimum atomic E-state index is -0.418. The molecule has 3 N–H and O–H groups in total. The van der Waals surface area contributed by atoms with Gasteiger partial charge in [0.15, 0.2) is 0 Å². The molecule has 2 heterocycles. The normalized spacial score (nSPS) is 21.1. The quantitative estimate of drug-likeness (QED) is 0.825. The predicted octanol–water partition coefficient (Wildman–Crippen LogP) is 3.54. The lowest BCUT2D eigenvalue weighted by atomic mass is 10.0. The van der Waals surface area contributed by atoms with E-state index in [1.54, 1.807) is 11.3 Å². The Hall–Kier alpha value is -1.11. The van der Waals surface area contributed by atoms with Gasteiger partial charge in [0.1, 0.15) is 6.10 Å². The zero-order valence-corrected chi connectivity index (χ0v) is 15.4. The minimum absolute atomic E-state index is 0. The lowest BCUT2D eigenvalue weighted by Crippen LogP contribution is -2.38. The average molecular weight is 387 g/mol. The number of hydrogen-bond donors (Lipinski definition) is 2. The molecule has 1 amide bonds. The van der Waals surface area contributed by atoms with Gasteiger partial charge in [0, 0.05) is 16.4 Å². The number of nitrogens with one attached hydrogen (secondary N) is 1. The van der Waals surface area contributed by atoms with Crippen LogP contribution in [-0.4, -0.2) is 24.7 Å². The van der Waals surface area contributed by atoms with Gasteiger partial charge in [-0.1, -0.05) is 29.8 Å². The highest BCUT2D eigenvalue weighted by molar-refractivity contribution is 7.10. The van der Waals surface area contributed by atoms with Crippen LogP contribution in [0.3, 0.4) is 0 Å².